The van der Waals surface area contributed by atoms with E-state index in [2.05, 4.69) is 159 Å². The van der Waals surface area contributed by atoms with Gasteiger partial charge in [-0.15, -0.1) is 6.67 Å². The number of para-hydroxylation sites is 2. The van der Waals surface area contributed by atoms with Crippen LogP contribution >= 0.6 is 0 Å². The molecule has 6 aromatic rings. The molecule has 1 aliphatic heterocycles. The Hall–Kier alpha value is -4.45. The van der Waals surface area contributed by atoms with E-state index in [4.69, 9.17) is 0 Å². The van der Waals surface area contributed by atoms with E-state index in [1.54, 1.807) is 18.6 Å². The molecule has 0 saturated heterocycles. The minimum absolute atomic E-state index is 0. The van der Waals surface area contributed by atoms with Crippen molar-refractivity contribution in [3.8, 4) is 11.5 Å². The first-order valence-electron chi connectivity index (χ1n) is 17.1. The van der Waals surface area contributed by atoms with Crippen molar-refractivity contribution in [3.05, 3.63) is 133 Å². The summed E-state index contributed by atoms with van der Waals surface area (Å²) in [5, 5.41) is 2.28. The molecular formula is C42H46CuN6. The maximum Gasteiger partial charge on any atom is 2.00 e. The van der Waals surface area contributed by atoms with E-state index in [0.717, 1.165) is 16.4 Å². The Morgan fingerprint density at radius 3 is 1.63 bits per heavy atom. The fraction of sp³-hybridized carbons (Fsp3) is 0.286. The second-order valence-electron chi connectivity index (χ2n) is 13.7. The first kappa shape index (κ1) is 35.8. The number of anilines is 2. The predicted octanol–water partition coefficient (Wildman–Crippen LogP) is 10.9. The Kier molecular flexibility index (Phi) is 11.3. The first-order valence-corrected chi connectivity index (χ1v) is 17.1. The van der Waals surface area contributed by atoms with Gasteiger partial charge in [-0.1, -0.05) is 128 Å². The van der Waals surface area contributed by atoms with Crippen molar-refractivity contribution >= 4 is 33.2 Å². The van der Waals surface area contributed by atoms with Crippen molar-refractivity contribution in [2.75, 3.05) is 9.80 Å². The number of rotatable bonds is 7. The number of nitrogens with zero attached hydrogens (tertiary/aromatic N) is 6. The van der Waals surface area contributed by atoms with Gasteiger partial charge in [-0.05, 0) is 86.0 Å². The van der Waals surface area contributed by atoms with Gasteiger partial charge in [0.25, 0.3) is 0 Å². The fourth-order valence-electron chi connectivity index (χ4n) is 6.46. The third-order valence-corrected chi connectivity index (χ3v) is 8.95. The van der Waals surface area contributed by atoms with Crippen molar-refractivity contribution in [2.24, 2.45) is 0 Å². The van der Waals surface area contributed by atoms with Crippen LogP contribution in [0.4, 0.5) is 11.4 Å². The molecule has 0 amide bonds. The zero-order valence-corrected chi connectivity index (χ0v) is 30.6. The van der Waals surface area contributed by atoms with Crippen LogP contribution in [0, 0.1) is 6.67 Å². The largest absolute Gasteiger partial charge is 2.00 e. The van der Waals surface area contributed by atoms with Crippen molar-refractivity contribution in [2.45, 2.75) is 79.1 Å². The molecule has 6 nitrogen and oxygen atoms in total. The summed E-state index contributed by atoms with van der Waals surface area (Å²) in [7, 11) is 0. The molecule has 0 N–H and O–H groups in total. The Morgan fingerprint density at radius 2 is 1.14 bits per heavy atom. The van der Waals surface area contributed by atoms with Gasteiger partial charge in [-0.25, -0.2) is 0 Å². The number of hydrogen-bond acceptors (Lipinski definition) is 5. The van der Waals surface area contributed by atoms with Crippen molar-refractivity contribution < 1.29 is 17.1 Å². The monoisotopic (exact) mass is 697 g/mol. The minimum Gasteiger partial charge on any atom is -0.479 e. The second-order valence-corrected chi connectivity index (χ2v) is 13.7. The predicted molar refractivity (Wildman–Crippen MR) is 201 cm³/mol. The molecule has 2 aromatic heterocycles. The Bertz CT molecular complexity index is 1920. The van der Waals surface area contributed by atoms with Crippen LogP contribution in [0.15, 0.2) is 104 Å². The molecule has 4 aromatic carbocycles. The van der Waals surface area contributed by atoms with Gasteiger partial charge in [0.1, 0.15) is 0 Å². The SMILES string of the molecule is CC(C)c1cccc(C(C)C)c1N1C=CN(c2c(C(C)C)cccc2C(C)C)[CH-]1.[Cu+2].c1ccc2c(c1)ccc1[n-]c(-c3cnccn3)nc12. The molecule has 7 heteroatoms. The average molecular weight is 698 g/mol. The summed E-state index contributed by atoms with van der Waals surface area (Å²) in [4.78, 5) is 22.1. The molecule has 0 atom stereocenters. The van der Waals surface area contributed by atoms with Gasteiger partial charge in [-0.2, -0.15) is 0 Å². The van der Waals surface area contributed by atoms with E-state index in [0.29, 0.717) is 35.2 Å². The maximum atomic E-state index is 4.60. The van der Waals surface area contributed by atoms with Crippen molar-refractivity contribution in [1.82, 2.24) is 19.9 Å². The number of hydrogen-bond donors (Lipinski definition) is 0. The van der Waals surface area contributed by atoms with Crippen LogP contribution in [0.2, 0.25) is 0 Å². The molecule has 255 valence electrons. The Balaban J connectivity index is 0.000000202. The quantitative estimate of drug-likeness (QED) is 0.122. The Morgan fingerprint density at radius 1 is 0.612 bits per heavy atom. The normalized spacial score (nSPS) is 12.8. The molecular weight excluding hydrogens is 652 g/mol. The van der Waals surface area contributed by atoms with Crippen LogP contribution < -0.4 is 14.8 Å². The van der Waals surface area contributed by atoms with E-state index in [-0.39, 0.29) is 17.1 Å². The summed E-state index contributed by atoms with van der Waals surface area (Å²) in [6.45, 7) is 20.5. The van der Waals surface area contributed by atoms with E-state index in [1.165, 1.54) is 39.0 Å². The third-order valence-electron chi connectivity index (χ3n) is 8.95. The molecule has 0 fully saturated rings. The van der Waals surface area contributed by atoms with Gasteiger partial charge in [0.2, 0.25) is 0 Å². The van der Waals surface area contributed by atoms with Crippen LogP contribution in [-0.2, 0) is 17.1 Å². The summed E-state index contributed by atoms with van der Waals surface area (Å²) in [6, 6.07) is 25.7. The molecule has 0 unspecified atom stereocenters. The van der Waals surface area contributed by atoms with Gasteiger partial charge >= 0.3 is 17.1 Å². The van der Waals surface area contributed by atoms with E-state index >= 15 is 0 Å². The van der Waals surface area contributed by atoms with Gasteiger partial charge in [0, 0.05) is 23.8 Å². The maximum absolute atomic E-state index is 4.60. The fourth-order valence-corrected chi connectivity index (χ4v) is 6.46. The number of imidazole rings is 1. The molecule has 49 heavy (non-hydrogen) atoms. The molecule has 7 rings (SSSR count). The van der Waals surface area contributed by atoms with Crippen molar-refractivity contribution in [3.63, 3.8) is 0 Å². The van der Waals surface area contributed by atoms with Gasteiger partial charge in [-0.3, -0.25) is 9.97 Å². The molecule has 0 bridgehead atoms. The third kappa shape index (κ3) is 7.44. The summed E-state index contributed by atoms with van der Waals surface area (Å²) >= 11 is 0. The van der Waals surface area contributed by atoms with Gasteiger partial charge in [0.05, 0.1) is 11.9 Å². The summed E-state index contributed by atoms with van der Waals surface area (Å²) in [5.41, 5.74) is 10.8. The number of aromatic nitrogens is 4. The molecule has 1 aliphatic rings. The van der Waals surface area contributed by atoms with Crippen LogP contribution in [0.5, 0.6) is 0 Å². The molecule has 0 spiro atoms. The van der Waals surface area contributed by atoms with E-state index in [9.17, 15) is 0 Å². The van der Waals surface area contributed by atoms with Crippen LogP contribution in [0.25, 0.3) is 33.3 Å². The van der Waals surface area contributed by atoms with Crippen LogP contribution in [0.1, 0.15) is 101 Å². The topological polar surface area (TPSA) is 59.2 Å². The van der Waals surface area contributed by atoms with Crippen molar-refractivity contribution in [1.29, 1.82) is 0 Å². The standard InChI is InChI=1S/C27H37N2.C15H9N4.Cu/c1-18(2)22-11-9-12-23(19(3)4)26(22)28-15-16-29(17-28)27-24(20(5)6)13-10-14-25(27)21(7)8;1-2-4-11-10(3-1)5-6-12-14(11)19-15(18-12)13-9-16-7-8-17-13;/h9-21H,1-8H3;1-9H;/q2*-1;+2. The smallest absolute Gasteiger partial charge is 0.479 e. The first-order chi connectivity index (χ1) is 23.1. The zero-order chi connectivity index (χ0) is 33.9. The zero-order valence-electron chi connectivity index (χ0n) is 29.7. The van der Waals surface area contributed by atoms with Gasteiger partial charge < -0.3 is 19.8 Å². The average Bonchev–Trinajstić information content (AvgIpc) is 3.76. The van der Waals surface area contributed by atoms with E-state index in [1.807, 2.05) is 18.2 Å². The second kappa shape index (κ2) is 15.4. The summed E-state index contributed by atoms with van der Waals surface area (Å²) in [5.74, 6) is 2.55. The van der Waals surface area contributed by atoms with E-state index < -0.39 is 0 Å². The molecule has 0 saturated carbocycles. The molecule has 1 radical (unpaired) electrons. The van der Waals surface area contributed by atoms with Gasteiger partial charge in [0.15, 0.2) is 0 Å². The molecule has 3 heterocycles. The molecule has 0 aliphatic carbocycles. The Labute approximate surface area is 302 Å². The van der Waals surface area contributed by atoms with Crippen LogP contribution in [-0.4, -0.2) is 15.0 Å². The van der Waals surface area contributed by atoms with Crippen LogP contribution in [0.3, 0.4) is 0 Å². The number of fused-ring (bicyclic) bond motifs is 3. The summed E-state index contributed by atoms with van der Waals surface area (Å²) in [6.07, 6.45) is 9.40. The number of benzene rings is 4. The minimum atomic E-state index is 0. The summed E-state index contributed by atoms with van der Waals surface area (Å²) < 4.78 is 0.